The average Bonchev–Trinajstić information content (AvgIpc) is 3.41. The van der Waals surface area contributed by atoms with Gasteiger partial charge in [-0.1, -0.05) is 23.4 Å². The Morgan fingerprint density at radius 3 is 2.88 bits per heavy atom. The van der Waals surface area contributed by atoms with Gasteiger partial charge in [0.1, 0.15) is 11.3 Å². The zero-order valence-corrected chi connectivity index (χ0v) is 18.0. The second-order valence-corrected chi connectivity index (χ2v) is 8.24. The maximum absolute atomic E-state index is 13.2. The molecule has 0 unspecified atom stereocenters. The van der Waals surface area contributed by atoms with Crippen molar-refractivity contribution in [1.82, 2.24) is 19.5 Å². The van der Waals surface area contributed by atoms with Crippen LogP contribution in [0.5, 0.6) is 0 Å². The molecule has 8 nitrogen and oxygen atoms in total. The fourth-order valence-corrected chi connectivity index (χ4v) is 3.88. The topological polar surface area (TPSA) is 94.5 Å². The van der Waals surface area contributed by atoms with E-state index in [1.54, 1.807) is 23.6 Å². The number of methoxy groups -OCH3 is 1. The van der Waals surface area contributed by atoms with Crippen LogP contribution in [-0.2, 0) is 11.3 Å². The van der Waals surface area contributed by atoms with Crippen LogP contribution in [-0.4, -0.2) is 38.5 Å². The Hall–Kier alpha value is -3.66. The lowest BCUT2D eigenvalue weighted by molar-refractivity contribution is -0.0925. The van der Waals surface area contributed by atoms with E-state index in [2.05, 4.69) is 20.4 Å². The lowest BCUT2D eigenvalue weighted by Crippen LogP contribution is -2.33. The van der Waals surface area contributed by atoms with E-state index < -0.39 is 11.8 Å². The molecule has 1 saturated carbocycles. The van der Waals surface area contributed by atoms with Gasteiger partial charge in [-0.05, 0) is 30.2 Å². The van der Waals surface area contributed by atoms with E-state index in [-0.39, 0.29) is 30.5 Å². The number of carbonyl (C=O) groups excluding carboxylic acids is 1. The predicted octanol–water partition coefficient (Wildman–Crippen LogP) is 4.60. The summed E-state index contributed by atoms with van der Waals surface area (Å²) in [5.41, 5.74) is 3.95. The quantitative estimate of drug-likeness (QED) is 0.458. The number of hydrogen-bond acceptors (Lipinski definition) is 6. The molecule has 1 aromatic carbocycles. The Labute approximate surface area is 187 Å². The number of aromatic nitrogens is 4. The molecular weight excluding hydrogens is 432 g/mol. The molecule has 4 aromatic rings. The minimum atomic E-state index is -2.66. The number of hydrogen-bond donors (Lipinski definition) is 1. The van der Waals surface area contributed by atoms with Crippen molar-refractivity contribution in [2.75, 3.05) is 12.4 Å². The fraction of sp³-hybridized carbons (Fsp3) is 0.304. The zero-order chi connectivity index (χ0) is 23.2. The van der Waals surface area contributed by atoms with Crippen LogP contribution < -0.4 is 5.32 Å². The van der Waals surface area contributed by atoms with Gasteiger partial charge in [-0.3, -0.25) is 9.20 Å². The summed E-state index contributed by atoms with van der Waals surface area (Å²) in [5, 5.41) is 6.85. The molecule has 0 aliphatic heterocycles. The third-order valence-corrected chi connectivity index (χ3v) is 5.74. The fourth-order valence-electron chi connectivity index (χ4n) is 3.88. The zero-order valence-electron chi connectivity index (χ0n) is 18.0. The minimum Gasteiger partial charge on any atom is -0.380 e. The minimum absolute atomic E-state index is 0.208. The van der Waals surface area contributed by atoms with Crippen LogP contribution in [0.15, 0.2) is 47.2 Å². The molecule has 1 N–H and O–H groups in total. The van der Waals surface area contributed by atoms with Crippen LogP contribution in [0, 0.1) is 6.92 Å². The highest BCUT2D eigenvalue weighted by molar-refractivity contribution is 6.04. The number of nitrogens with zero attached hydrogens (tertiary/aromatic N) is 4. The Bertz CT molecular complexity index is 1340. The van der Waals surface area contributed by atoms with E-state index in [4.69, 9.17) is 9.26 Å². The Morgan fingerprint density at radius 2 is 2.12 bits per heavy atom. The van der Waals surface area contributed by atoms with Crippen molar-refractivity contribution in [2.45, 2.75) is 38.2 Å². The molecule has 1 fully saturated rings. The number of ether oxygens (including phenoxy) is 1. The summed E-state index contributed by atoms with van der Waals surface area (Å²) in [7, 11) is 1.61. The van der Waals surface area contributed by atoms with Crippen molar-refractivity contribution in [3.63, 3.8) is 0 Å². The lowest BCUT2D eigenvalue weighted by Gasteiger charge is -2.31. The van der Waals surface area contributed by atoms with Gasteiger partial charge < -0.3 is 14.6 Å². The maximum Gasteiger partial charge on any atom is 0.274 e. The summed E-state index contributed by atoms with van der Waals surface area (Å²) in [6.07, 6.45) is 2.76. The van der Waals surface area contributed by atoms with Gasteiger partial charge in [0, 0.05) is 43.3 Å². The summed E-state index contributed by atoms with van der Waals surface area (Å²) in [6.45, 7) is 2.28. The monoisotopic (exact) mass is 453 g/mol. The highest BCUT2D eigenvalue weighted by Crippen LogP contribution is 2.47. The third kappa shape index (κ3) is 4.09. The Morgan fingerprint density at radius 1 is 1.30 bits per heavy atom. The van der Waals surface area contributed by atoms with Crippen molar-refractivity contribution in [3.05, 3.63) is 65.4 Å². The molecule has 170 valence electrons. The number of anilines is 1. The largest absolute Gasteiger partial charge is 0.380 e. The van der Waals surface area contributed by atoms with Crippen molar-refractivity contribution >= 4 is 17.2 Å². The normalized spacial score (nSPS) is 15.5. The van der Waals surface area contributed by atoms with Gasteiger partial charge in [-0.25, -0.2) is 13.8 Å². The molecule has 0 spiro atoms. The number of halogens is 2. The summed E-state index contributed by atoms with van der Waals surface area (Å²) in [5.74, 6) is -2.93. The molecule has 1 aliphatic rings. The average molecular weight is 453 g/mol. The summed E-state index contributed by atoms with van der Waals surface area (Å²) < 4.78 is 38.4. The van der Waals surface area contributed by atoms with Gasteiger partial charge in [-0.15, -0.1) is 0 Å². The number of rotatable bonds is 6. The molecule has 5 rings (SSSR count). The van der Waals surface area contributed by atoms with E-state index in [1.807, 2.05) is 31.3 Å². The second-order valence-electron chi connectivity index (χ2n) is 8.24. The first-order valence-electron chi connectivity index (χ1n) is 10.4. The van der Waals surface area contributed by atoms with Gasteiger partial charge in [0.15, 0.2) is 0 Å². The van der Waals surface area contributed by atoms with Gasteiger partial charge in [0.25, 0.3) is 5.91 Å². The molecule has 33 heavy (non-hydrogen) atoms. The number of aryl methyl sites for hydroxylation is 1. The van der Waals surface area contributed by atoms with Crippen LogP contribution in [0.25, 0.3) is 17.0 Å². The van der Waals surface area contributed by atoms with Crippen LogP contribution in [0.1, 0.15) is 46.3 Å². The highest BCUT2D eigenvalue weighted by atomic mass is 19.3. The SMILES string of the molecule is COCc1ccc2ncc(C(=O)Nc3cc(-c4noc(C5CC(F)(F)C5)n4)ccc3C)n2c1. The number of fused-ring (bicyclic) bond motifs is 1. The van der Waals surface area contributed by atoms with Crippen molar-refractivity contribution < 1.29 is 22.8 Å². The summed E-state index contributed by atoms with van der Waals surface area (Å²) in [4.78, 5) is 21.6. The number of imidazole rings is 1. The molecule has 1 aliphatic carbocycles. The van der Waals surface area contributed by atoms with E-state index >= 15 is 0 Å². The number of carbonyl (C=O) groups is 1. The molecule has 0 saturated heterocycles. The first-order valence-corrected chi connectivity index (χ1v) is 10.4. The summed E-state index contributed by atoms with van der Waals surface area (Å²) in [6, 6.07) is 9.06. The van der Waals surface area contributed by atoms with Gasteiger partial charge in [0.05, 0.1) is 12.8 Å². The number of nitrogens with one attached hydrogen (secondary N) is 1. The Balaban J connectivity index is 1.38. The standard InChI is InChI=1S/C23H21F2N5O3/c1-13-3-5-15(20-28-22(33-29-20)16-8-23(24,25)9-16)7-17(13)27-21(31)18-10-26-19-6-4-14(12-32-2)11-30(18)19/h3-7,10-11,16H,8-9,12H2,1-2H3,(H,27,31). The number of pyridine rings is 1. The molecule has 3 heterocycles. The van der Waals surface area contributed by atoms with Gasteiger partial charge in [0.2, 0.25) is 17.6 Å². The molecule has 10 heteroatoms. The number of alkyl halides is 2. The summed E-state index contributed by atoms with van der Waals surface area (Å²) >= 11 is 0. The van der Waals surface area contributed by atoms with E-state index in [9.17, 15) is 13.6 Å². The first-order chi connectivity index (χ1) is 15.8. The smallest absolute Gasteiger partial charge is 0.274 e. The van der Waals surface area contributed by atoms with E-state index in [0.717, 1.165) is 11.1 Å². The van der Waals surface area contributed by atoms with Gasteiger partial charge in [-0.2, -0.15) is 4.98 Å². The molecule has 0 atom stereocenters. The van der Waals surface area contributed by atoms with Crippen molar-refractivity contribution in [1.29, 1.82) is 0 Å². The lowest BCUT2D eigenvalue weighted by atomic mass is 9.81. The van der Waals surface area contributed by atoms with Crippen LogP contribution >= 0.6 is 0 Å². The molecular formula is C23H21F2N5O3. The number of amides is 1. The van der Waals surface area contributed by atoms with E-state index in [1.165, 1.54) is 6.20 Å². The number of benzene rings is 1. The molecule has 3 aromatic heterocycles. The van der Waals surface area contributed by atoms with Crippen molar-refractivity contribution in [2.24, 2.45) is 0 Å². The van der Waals surface area contributed by atoms with Crippen LogP contribution in [0.2, 0.25) is 0 Å². The molecule has 0 radical (unpaired) electrons. The first kappa shape index (κ1) is 21.2. The Kier molecular flexibility index (Phi) is 5.16. The second kappa shape index (κ2) is 8.04. The van der Waals surface area contributed by atoms with Crippen molar-refractivity contribution in [3.8, 4) is 11.4 Å². The molecule has 1 amide bonds. The highest BCUT2D eigenvalue weighted by Gasteiger charge is 2.48. The van der Waals surface area contributed by atoms with Gasteiger partial charge >= 0.3 is 0 Å². The van der Waals surface area contributed by atoms with Crippen LogP contribution in [0.4, 0.5) is 14.5 Å². The van der Waals surface area contributed by atoms with E-state index in [0.29, 0.717) is 29.2 Å². The maximum atomic E-state index is 13.2. The molecule has 0 bridgehead atoms. The third-order valence-electron chi connectivity index (χ3n) is 5.74. The van der Waals surface area contributed by atoms with Crippen LogP contribution in [0.3, 0.4) is 0 Å². The predicted molar refractivity (Wildman–Crippen MR) is 115 cm³/mol.